The van der Waals surface area contributed by atoms with Gasteiger partial charge >= 0.3 is 5.97 Å². The van der Waals surface area contributed by atoms with Gasteiger partial charge < -0.3 is 25.4 Å². The van der Waals surface area contributed by atoms with Crippen LogP contribution in [-0.4, -0.2) is 48.8 Å². The van der Waals surface area contributed by atoms with Gasteiger partial charge in [-0.1, -0.05) is 30.3 Å². The quantitative estimate of drug-likeness (QED) is 0.388. The summed E-state index contributed by atoms with van der Waals surface area (Å²) in [7, 11) is 0. The Balaban J connectivity index is 0.000000555. The summed E-state index contributed by atoms with van der Waals surface area (Å²) < 4.78 is 13.1. The zero-order valence-electron chi connectivity index (χ0n) is 18.5. The minimum atomic E-state index is -1.50. The van der Waals surface area contributed by atoms with Gasteiger partial charge in [-0.05, 0) is 44.4 Å². The van der Waals surface area contributed by atoms with Crippen LogP contribution in [0.2, 0.25) is 0 Å². The van der Waals surface area contributed by atoms with Crippen LogP contribution in [0, 0.1) is 11.3 Å². The first-order valence-electron chi connectivity index (χ1n) is 10.4. The van der Waals surface area contributed by atoms with E-state index in [0.29, 0.717) is 24.2 Å². The molecule has 0 amide bonds. The highest BCUT2D eigenvalue weighted by molar-refractivity contribution is 5.72. The molecule has 4 rings (SSSR count). The van der Waals surface area contributed by atoms with E-state index in [1.54, 1.807) is 4.52 Å². The smallest absolute Gasteiger partial charge is 0.310 e. The fourth-order valence-electron chi connectivity index (χ4n) is 3.41. The molecule has 3 aromatic rings. The molecule has 0 spiro atoms. The van der Waals surface area contributed by atoms with Gasteiger partial charge in [0.1, 0.15) is 30.6 Å². The van der Waals surface area contributed by atoms with E-state index in [1.165, 1.54) is 20.2 Å². The van der Waals surface area contributed by atoms with Crippen LogP contribution in [0.25, 0.3) is 5.52 Å². The van der Waals surface area contributed by atoms with Gasteiger partial charge in [0, 0.05) is 0 Å². The molecule has 10 heteroatoms. The summed E-state index contributed by atoms with van der Waals surface area (Å²) in [6, 6.07) is 15.2. The SMILES string of the molecule is CC(C)(O)O.N#C[C@@]1(COC(=O)Cc2ccccc2)CCC(c2ccc3c(N)ncnn23)O1. The molecule has 1 aliphatic heterocycles. The highest BCUT2D eigenvalue weighted by atomic mass is 16.6. The second kappa shape index (κ2) is 9.95. The van der Waals surface area contributed by atoms with E-state index in [1.807, 2.05) is 42.5 Å². The van der Waals surface area contributed by atoms with Crippen LogP contribution in [0.5, 0.6) is 0 Å². The number of benzene rings is 1. The zero-order chi connectivity index (χ0) is 24.1. The molecule has 0 radical (unpaired) electrons. The summed E-state index contributed by atoms with van der Waals surface area (Å²) >= 11 is 0. The fraction of sp³-hybridized carbons (Fsp3) is 0.391. The largest absolute Gasteiger partial charge is 0.461 e. The minimum absolute atomic E-state index is 0.105. The summed E-state index contributed by atoms with van der Waals surface area (Å²) in [6.07, 6.45) is 2.26. The molecular weight excluding hydrogens is 426 g/mol. The Morgan fingerprint density at radius 3 is 2.70 bits per heavy atom. The van der Waals surface area contributed by atoms with Crippen molar-refractivity contribution >= 4 is 17.3 Å². The molecule has 3 heterocycles. The number of hydrogen-bond donors (Lipinski definition) is 3. The summed E-state index contributed by atoms with van der Waals surface area (Å²) in [6.45, 7) is 2.49. The lowest BCUT2D eigenvalue weighted by Crippen LogP contribution is -2.33. The Kier molecular flexibility index (Phi) is 7.28. The third-order valence-corrected chi connectivity index (χ3v) is 4.88. The number of carbonyl (C=O) groups is 1. The van der Waals surface area contributed by atoms with Crippen LogP contribution in [0.4, 0.5) is 5.82 Å². The summed E-state index contributed by atoms with van der Waals surface area (Å²) in [4.78, 5) is 16.1. The molecule has 0 aliphatic carbocycles. The van der Waals surface area contributed by atoms with E-state index < -0.39 is 11.4 Å². The Bertz CT molecular complexity index is 1130. The van der Waals surface area contributed by atoms with Crippen LogP contribution in [-0.2, 0) is 20.7 Å². The Morgan fingerprint density at radius 1 is 1.33 bits per heavy atom. The number of ether oxygens (including phenoxy) is 2. The van der Waals surface area contributed by atoms with Crippen molar-refractivity contribution in [1.29, 1.82) is 5.26 Å². The number of esters is 1. The van der Waals surface area contributed by atoms with E-state index in [9.17, 15) is 10.1 Å². The van der Waals surface area contributed by atoms with Crippen LogP contribution < -0.4 is 5.73 Å². The van der Waals surface area contributed by atoms with E-state index in [-0.39, 0.29) is 25.1 Å². The van der Waals surface area contributed by atoms with Crippen molar-refractivity contribution in [2.24, 2.45) is 0 Å². The summed E-state index contributed by atoms with van der Waals surface area (Å²) in [5.74, 6) is -1.51. The van der Waals surface area contributed by atoms with Crippen molar-refractivity contribution in [3.05, 3.63) is 60.0 Å². The van der Waals surface area contributed by atoms with Gasteiger partial charge in [0.05, 0.1) is 12.1 Å². The molecule has 1 unspecified atom stereocenters. The van der Waals surface area contributed by atoms with Gasteiger partial charge in [0.2, 0.25) is 0 Å². The van der Waals surface area contributed by atoms with Gasteiger partial charge in [-0.15, -0.1) is 0 Å². The number of nitrogen functional groups attached to an aromatic ring is 1. The normalized spacial score (nSPS) is 20.0. The third-order valence-electron chi connectivity index (χ3n) is 4.88. The van der Waals surface area contributed by atoms with E-state index in [2.05, 4.69) is 16.2 Å². The van der Waals surface area contributed by atoms with Gasteiger partial charge in [0.25, 0.3) is 0 Å². The van der Waals surface area contributed by atoms with Crippen LogP contribution in [0.1, 0.15) is 44.1 Å². The molecule has 2 atom stereocenters. The van der Waals surface area contributed by atoms with Crippen molar-refractivity contribution in [1.82, 2.24) is 14.6 Å². The maximum atomic E-state index is 12.1. The van der Waals surface area contributed by atoms with Gasteiger partial charge in [0.15, 0.2) is 17.2 Å². The van der Waals surface area contributed by atoms with E-state index in [4.69, 9.17) is 25.4 Å². The second-order valence-electron chi connectivity index (χ2n) is 8.27. The number of carbonyl (C=O) groups excluding carboxylic acids is 1. The topological polar surface area (TPSA) is 156 Å². The van der Waals surface area contributed by atoms with E-state index in [0.717, 1.165) is 11.3 Å². The number of hydrogen-bond acceptors (Lipinski definition) is 9. The van der Waals surface area contributed by atoms with Gasteiger partial charge in [-0.2, -0.15) is 10.4 Å². The molecule has 4 N–H and O–H groups in total. The zero-order valence-corrected chi connectivity index (χ0v) is 18.5. The molecule has 1 aliphatic rings. The van der Waals surface area contributed by atoms with Crippen molar-refractivity contribution < 1.29 is 24.5 Å². The summed E-state index contributed by atoms with van der Waals surface area (Å²) in [5, 5.41) is 30.0. The molecule has 33 heavy (non-hydrogen) atoms. The molecule has 1 fully saturated rings. The predicted octanol–water partition coefficient (Wildman–Crippen LogP) is 1.92. The van der Waals surface area contributed by atoms with Crippen molar-refractivity contribution in [2.45, 2.75) is 50.6 Å². The van der Waals surface area contributed by atoms with Crippen LogP contribution in [0.3, 0.4) is 0 Å². The molecule has 1 aromatic carbocycles. The molecule has 2 aromatic heterocycles. The maximum Gasteiger partial charge on any atom is 0.310 e. The van der Waals surface area contributed by atoms with Gasteiger partial charge in [-0.25, -0.2) is 9.50 Å². The molecule has 1 saturated heterocycles. The van der Waals surface area contributed by atoms with Crippen molar-refractivity contribution in [3.63, 3.8) is 0 Å². The van der Waals surface area contributed by atoms with E-state index >= 15 is 0 Å². The number of anilines is 1. The Morgan fingerprint density at radius 2 is 2.03 bits per heavy atom. The Hall–Kier alpha value is -3.52. The first kappa shape index (κ1) is 24.1. The number of fused-ring (bicyclic) bond motifs is 1. The minimum Gasteiger partial charge on any atom is -0.461 e. The Labute approximate surface area is 191 Å². The lowest BCUT2D eigenvalue weighted by atomic mass is 10.0. The molecule has 10 nitrogen and oxygen atoms in total. The highest BCUT2D eigenvalue weighted by Gasteiger charge is 2.43. The monoisotopic (exact) mass is 453 g/mol. The first-order chi connectivity index (χ1) is 15.6. The van der Waals surface area contributed by atoms with Crippen LogP contribution >= 0.6 is 0 Å². The number of nitrogens with zero attached hydrogens (tertiary/aromatic N) is 4. The average Bonchev–Trinajstić information content (AvgIpc) is 3.37. The predicted molar refractivity (Wildman–Crippen MR) is 118 cm³/mol. The number of nitrogens with two attached hydrogens (primary N) is 1. The first-order valence-corrected chi connectivity index (χ1v) is 10.4. The number of aromatic nitrogens is 3. The highest BCUT2D eigenvalue weighted by Crippen LogP contribution is 2.40. The number of nitriles is 1. The molecule has 174 valence electrons. The standard InChI is InChI=1S/C20H19N5O3.C3H8O2/c21-11-20(12-27-18(26)10-14-4-2-1-3-5-14)9-8-17(28-20)15-6-7-16-19(22)23-13-24-25(15)16;1-3(2,4)5/h1-7,13,17H,8-10,12H2,(H2,22,23,24);4-5H,1-2H3/t17?,20-;/m1./s1. The molecule has 0 saturated carbocycles. The fourth-order valence-corrected chi connectivity index (χ4v) is 3.41. The van der Waals surface area contributed by atoms with Crippen molar-refractivity contribution in [3.8, 4) is 6.07 Å². The van der Waals surface area contributed by atoms with Crippen molar-refractivity contribution in [2.75, 3.05) is 12.3 Å². The second-order valence-corrected chi connectivity index (χ2v) is 8.27. The van der Waals surface area contributed by atoms with Crippen LogP contribution in [0.15, 0.2) is 48.8 Å². The number of aliphatic hydroxyl groups is 2. The summed E-state index contributed by atoms with van der Waals surface area (Å²) in [5.41, 5.74) is 7.04. The molecular formula is C23H27N5O5. The third kappa shape index (κ3) is 6.49. The maximum absolute atomic E-state index is 12.1. The number of rotatable bonds is 5. The lowest BCUT2D eigenvalue weighted by Gasteiger charge is -2.21. The lowest BCUT2D eigenvalue weighted by molar-refractivity contribution is -0.150. The average molecular weight is 453 g/mol. The van der Waals surface area contributed by atoms with Gasteiger partial charge in [-0.3, -0.25) is 4.79 Å². The molecule has 0 bridgehead atoms.